The fourth-order valence-electron chi connectivity index (χ4n) is 4.14. The highest BCUT2D eigenvalue weighted by Crippen LogP contribution is 2.26. The SMILES string of the molecule is Cl.NCC1CCCC1NC(=O)c1cccc(CN2C(=O)c3ccccc3C2=O)c1. The molecule has 3 N–H and O–H groups in total. The lowest BCUT2D eigenvalue weighted by Gasteiger charge is -2.20. The maximum atomic E-state index is 12.7. The molecule has 2 aromatic rings. The van der Waals surface area contributed by atoms with Gasteiger partial charge in [0.2, 0.25) is 0 Å². The molecule has 2 aromatic carbocycles. The number of imide groups is 1. The van der Waals surface area contributed by atoms with Gasteiger partial charge in [0.15, 0.2) is 0 Å². The van der Waals surface area contributed by atoms with Gasteiger partial charge in [-0.15, -0.1) is 12.4 Å². The van der Waals surface area contributed by atoms with Crippen LogP contribution in [0.25, 0.3) is 0 Å². The van der Waals surface area contributed by atoms with Crippen molar-refractivity contribution in [2.75, 3.05) is 6.54 Å². The Morgan fingerprint density at radius 3 is 2.38 bits per heavy atom. The third kappa shape index (κ3) is 4.04. The van der Waals surface area contributed by atoms with E-state index in [1.54, 1.807) is 42.5 Å². The number of nitrogens with zero attached hydrogens (tertiary/aromatic N) is 1. The lowest BCUT2D eigenvalue weighted by atomic mass is 10.0. The molecule has 2 aliphatic rings. The largest absolute Gasteiger partial charge is 0.349 e. The van der Waals surface area contributed by atoms with Gasteiger partial charge in [-0.25, -0.2) is 0 Å². The van der Waals surface area contributed by atoms with Gasteiger partial charge in [0, 0.05) is 11.6 Å². The zero-order valence-electron chi connectivity index (χ0n) is 16.0. The molecule has 0 spiro atoms. The Balaban J connectivity index is 0.00000240. The summed E-state index contributed by atoms with van der Waals surface area (Å²) in [6, 6.07) is 14.0. The number of fused-ring (bicyclic) bond motifs is 1. The van der Waals surface area contributed by atoms with Gasteiger partial charge in [-0.1, -0.05) is 30.7 Å². The van der Waals surface area contributed by atoms with Crippen LogP contribution in [0, 0.1) is 5.92 Å². The van der Waals surface area contributed by atoms with E-state index in [2.05, 4.69) is 5.32 Å². The Kier molecular flexibility index (Phi) is 6.35. The van der Waals surface area contributed by atoms with Crippen LogP contribution in [0.5, 0.6) is 0 Å². The van der Waals surface area contributed by atoms with Gasteiger partial charge in [0.05, 0.1) is 17.7 Å². The normalized spacial score (nSPS) is 20.4. The summed E-state index contributed by atoms with van der Waals surface area (Å²) in [4.78, 5) is 39.0. The van der Waals surface area contributed by atoms with Crippen molar-refractivity contribution in [2.24, 2.45) is 11.7 Å². The predicted octanol–water partition coefficient (Wildman–Crippen LogP) is 2.76. The van der Waals surface area contributed by atoms with E-state index < -0.39 is 0 Å². The molecule has 4 rings (SSSR count). The number of halogens is 1. The molecule has 6 nitrogen and oxygen atoms in total. The minimum Gasteiger partial charge on any atom is -0.349 e. The molecule has 1 aliphatic heterocycles. The van der Waals surface area contributed by atoms with Crippen LogP contribution >= 0.6 is 12.4 Å². The van der Waals surface area contributed by atoms with E-state index in [1.165, 1.54) is 4.90 Å². The van der Waals surface area contributed by atoms with Crippen molar-refractivity contribution in [1.29, 1.82) is 0 Å². The van der Waals surface area contributed by atoms with Gasteiger partial charge in [-0.2, -0.15) is 0 Å². The lowest BCUT2D eigenvalue weighted by Crippen LogP contribution is -2.39. The molecule has 0 radical (unpaired) electrons. The molecule has 0 bridgehead atoms. The molecule has 0 aromatic heterocycles. The zero-order valence-corrected chi connectivity index (χ0v) is 16.8. The lowest BCUT2D eigenvalue weighted by molar-refractivity contribution is 0.0642. The van der Waals surface area contributed by atoms with Gasteiger partial charge in [0.25, 0.3) is 17.7 Å². The van der Waals surface area contributed by atoms with E-state index in [9.17, 15) is 14.4 Å². The molecule has 2 unspecified atom stereocenters. The first-order valence-corrected chi connectivity index (χ1v) is 9.63. The maximum absolute atomic E-state index is 12.7. The van der Waals surface area contributed by atoms with E-state index in [4.69, 9.17) is 5.73 Å². The van der Waals surface area contributed by atoms with Crippen LogP contribution in [0.3, 0.4) is 0 Å². The first-order chi connectivity index (χ1) is 13.6. The number of nitrogens with one attached hydrogen (secondary N) is 1. The smallest absolute Gasteiger partial charge is 0.261 e. The first-order valence-electron chi connectivity index (χ1n) is 9.63. The summed E-state index contributed by atoms with van der Waals surface area (Å²) in [5.41, 5.74) is 7.91. The number of carbonyl (C=O) groups is 3. The number of hydrogen-bond acceptors (Lipinski definition) is 4. The van der Waals surface area contributed by atoms with E-state index >= 15 is 0 Å². The molecule has 152 valence electrons. The average Bonchev–Trinajstić information content (AvgIpc) is 3.26. The minimum atomic E-state index is -0.299. The summed E-state index contributed by atoms with van der Waals surface area (Å²) in [5, 5.41) is 3.08. The highest BCUT2D eigenvalue weighted by Gasteiger charge is 2.35. The van der Waals surface area contributed by atoms with Crippen molar-refractivity contribution in [3.8, 4) is 0 Å². The van der Waals surface area contributed by atoms with Gasteiger partial charge in [-0.3, -0.25) is 19.3 Å². The van der Waals surface area contributed by atoms with Crippen molar-refractivity contribution >= 4 is 30.1 Å². The Hall–Kier alpha value is -2.70. The summed E-state index contributed by atoms with van der Waals surface area (Å²) < 4.78 is 0. The molecule has 1 aliphatic carbocycles. The number of benzene rings is 2. The summed E-state index contributed by atoms with van der Waals surface area (Å²) in [6.07, 6.45) is 3.07. The molecule has 1 heterocycles. The van der Waals surface area contributed by atoms with Crippen molar-refractivity contribution in [3.05, 3.63) is 70.8 Å². The number of hydrogen-bond donors (Lipinski definition) is 2. The summed E-state index contributed by atoms with van der Waals surface area (Å²) in [5.74, 6) is -0.417. The zero-order chi connectivity index (χ0) is 19.7. The van der Waals surface area contributed by atoms with E-state index in [0.29, 0.717) is 29.2 Å². The Labute approximate surface area is 175 Å². The van der Waals surface area contributed by atoms with Crippen LogP contribution < -0.4 is 11.1 Å². The molecule has 0 saturated heterocycles. The first kappa shape index (κ1) is 21.0. The molecule has 7 heteroatoms. The molecule has 29 heavy (non-hydrogen) atoms. The predicted molar refractivity (Wildman–Crippen MR) is 112 cm³/mol. The van der Waals surface area contributed by atoms with Crippen LogP contribution in [-0.2, 0) is 6.54 Å². The number of amides is 3. The average molecular weight is 414 g/mol. The van der Waals surface area contributed by atoms with Crippen LogP contribution in [-0.4, -0.2) is 35.2 Å². The van der Waals surface area contributed by atoms with Crippen molar-refractivity contribution < 1.29 is 14.4 Å². The summed E-state index contributed by atoms with van der Waals surface area (Å²) >= 11 is 0. The Morgan fingerprint density at radius 1 is 1.03 bits per heavy atom. The second-order valence-electron chi connectivity index (χ2n) is 7.45. The Bertz CT molecular complexity index is 911. The third-order valence-corrected chi connectivity index (χ3v) is 5.69. The number of nitrogens with two attached hydrogens (primary N) is 1. The maximum Gasteiger partial charge on any atom is 0.261 e. The third-order valence-electron chi connectivity index (χ3n) is 5.69. The number of rotatable bonds is 5. The van der Waals surface area contributed by atoms with Gasteiger partial charge < -0.3 is 11.1 Å². The number of carbonyl (C=O) groups excluding carboxylic acids is 3. The summed E-state index contributed by atoms with van der Waals surface area (Å²) in [7, 11) is 0. The molecule has 3 amide bonds. The van der Waals surface area contributed by atoms with Crippen molar-refractivity contribution in [1.82, 2.24) is 10.2 Å². The fraction of sp³-hybridized carbons (Fsp3) is 0.318. The Morgan fingerprint density at radius 2 is 1.72 bits per heavy atom. The minimum absolute atomic E-state index is 0. The highest BCUT2D eigenvalue weighted by atomic mass is 35.5. The molecular weight excluding hydrogens is 390 g/mol. The second kappa shape index (κ2) is 8.76. The van der Waals surface area contributed by atoms with Gasteiger partial charge in [0.1, 0.15) is 0 Å². The monoisotopic (exact) mass is 413 g/mol. The van der Waals surface area contributed by atoms with E-state index in [-0.39, 0.29) is 42.7 Å². The topological polar surface area (TPSA) is 92.5 Å². The molecular formula is C22H24ClN3O3. The van der Waals surface area contributed by atoms with Crippen LogP contribution in [0.15, 0.2) is 48.5 Å². The second-order valence-corrected chi connectivity index (χ2v) is 7.45. The van der Waals surface area contributed by atoms with Crippen molar-refractivity contribution in [3.63, 3.8) is 0 Å². The fourth-order valence-corrected chi connectivity index (χ4v) is 4.14. The molecule has 2 atom stereocenters. The summed E-state index contributed by atoms with van der Waals surface area (Å²) in [6.45, 7) is 0.715. The quantitative estimate of drug-likeness (QED) is 0.737. The van der Waals surface area contributed by atoms with Crippen LogP contribution in [0.4, 0.5) is 0 Å². The van der Waals surface area contributed by atoms with Crippen molar-refractivity contribution in [2.45, 2.75) is 31.8 Å². The van der Waals surface area contributed by atoms with E-state index in [1.807, 2.05) is 6.07 Å². The molecule has 1 fully saturated rings. The highest BCUT2D eigenvalue weighted by molar-refractivity contribution is 6.21. The molecule has 1 saturated carbocycles. The van der Waals surface area contributed by atoms with Gasteiger partial charge in [-0.05, 0) is 55.1 Å². The van der Waals surface area contributed by atoms with Crippen LogP contribution in [0.1, 0.15) is 55.9 Å². The van der Waals surface area contributed by atoms with Crippen LogP contribution in [0.2, 0.25) is 0 Å². The van der Waals surface area contributed by atoms with E-state index in [0.717, 1.165) is 24.8 Å². The van der Waals surface area contributed by atoms with Gasteiger partial charge >= 0.3 is 0 Å². The standard InChI is InChI=1S/C22H23N3O3.ClH/c23-12-16-7-4-10-19(16)24-20(26)15-6-3-5-14(11-15)13-25-21(27)17-8-1-2-9-18(17)22(25)28;/h1-3,5-6,8-9,11,16,19H,4,7,10,12-13,23H2,(H,24,26);1H.